The van der Waals surface area contributed by atoms with Gasteiger partial charge in [0, 0.05) is 26.9 Å². The molecule has 0 aliphatic heterocycles. The van der Waals surface area contributed by atoms with Crippen molar-refractivity contribution in [3.63, 3.8) is 0 Å². The van der Waals surface area contributed by atoms with Gasteiger partial charge in [0.1, 0.15) is 5.82 Å². The summed E-state index contributed by atoms with van der Waals surface area (Å²) in [6.07, 6.45) is 0. The summed E-state index contributed by atoms with van der Waals surface area (Å²) in [5.41, 5.74) is 0.968. The van der Waals surface area contributed by atoms with Gasteiger partial charge < -0.3 is 5.32 Å². The van der Waals surface area contributed by atoms with Gasteiger partial charge >= 0.3 is 0 Å². The molecule has 2 rings (SSSR count). The molecule has 2 aromatic carbocycles. The lowest BCUT2D eigenvalue weighted by Gasteiger charge is -2.20. The van der Waals surface area contributed by atoms with Crippen LogP contribution in [0.2, 0.25) is 5.02 Å². The molecular formula is C17H19ClFNS. The molecule has 0 saturated heterocycles. The van der Waals surface area contributed by atoms with Gasteiger partial charge in [0.15, 0.2) is 0 Å². The zero-order valence-corrected chi connectivity index (χ0v) is 14.0. The summed E-state index contributed by atoms with van der Waals surface area (Å²) in [7, 11) is 0. The van der Waals surface area contributed by atoms with Crippen LogP contribution in [0.1, 0.15) is 26.3 Å². The third-order valence-corrected chi connectivity index (χ3v) is 4.17. The first-order valence-corrected chi connectivity index (χ1v) is 8.00. The van der Waals surface area contributed by atoms with E-state index < -0.39 is 0 Å². The van der Waals surface area contributed by atoms with Crippen molar-refractivity contribution in [2.45, 2.75) is 42.6 Å². The number of nitrogens with one attached hydrogen (secondary N) is 1. The van der Waals surface area contributed by atoms with E-state index in [1.54, 1.807) is 6.07 Å². The molecule has 1 nitrogen and oxygen atoms in total. The summed E-state index contributed by atoms with van der Waals surface area (Å²) in [4.78, 5) is 1.59. The fourth-order valence-electron chi connectivity index (χ4n) is 1.73. The van der Waals surface area contributed by atoms with Crippen molar-refractivity contribution in [1.82, 2.24) is 5.32 Å². The Labute approximate surface area is 134 Å². The van der Waals surface area contributed by atoms with E-state index in [2.05, 4.69) is 26.1 Å². The topological polar surface area (TPSA) is 12.0 Å². The highest BCUT2D eigenvalue weighted by Crippen LogP contribution is 2.31. The quantitative estimate of drug-likeness (QED) is 0.795. The van der Waals surface area contributed by atoms with Gasteiger partial charge in [-0.25, -0.2) is 4.39 Å². The van der Waals surface area contributed by atoms with Crippen molar-refractivity contribution < 1.29 is 4.39 Å². The van der Waals surface area contributed by atoms with E-state index in [1.807, 2.05) is 36.4 Å². The molecule has 0 heterocycles. The van der Waals surface area contributed by atoms with Crippen molar-refractivity contribution >= 4 is 23.4 Å². The van der Waals surface area contributed by atoms with Crippen LogP contribution in [0, 0.1) is 5.82 Å². The Morgan fingerprint density at radius 3 is 2.33 bits per heavy atom. The van der Waals surface area contributed by atoms with Crippen LogP contribution in [0.3, 0.4) is 0 Å². The lowest BCUT2D eigenvalue weighted by molar-refractivity contribution is 0.423. The maximum atomic E-state index is 14.2. The maximum Gasteiger partial charge on any atom is 0.137 e. The van der Waals surface area contributed by atoms with Crippen LogP contribution in [0.5, 0.6) is 0 Å². The highest BCUT2D eigenvalue weighted by atomic mass is 35.5. The fraction of sp³-hybridized carbons (Fsp3) is 0.294. The molecular weight excluding hydrogens is 305 g/mol. The monoisotopic (exact) mass is 323 g/mol. The number of hydrogen-bond acceptors (Lipinski definition) is 2. The van der Waals surface area contributed by atoms with E-state index in [9.17, 15) is 4.39 Å². The number of rotatable bonds is 4. The Bertz CT molecular complexity index is 605. The molecule has 0 saturated carbocycles. The van der Waals surface area contributed by atoms with Crippen LogP contribution in [-0.4, -0.2) is 5.54 Å². The van der Waals surface area contributed by atoms with Crippen molar-refractivity contribution in [3.05, 3.63) is 58.9 Å². The predicted octanol–water partition coefficient (Wildman–Crippen LogP) is 5.52. The minimum Gasteiger partial charge on any atom is -0.308 e. The molecule has 0 bridgehead atoms. The minimum atomic E-state index is -0.192. The molecule has 0 aliphatic rings. The highest BCUT2D eigenvalue weighted by Gasteiger charge is 2.10. The first-order valence-electron chi connectivity index (χ1n) is 6.80. The van der Waals surface area contributed by atoms with E-state index in [4.69, 9.17) is 11.6 Å². The number of hydrogen-bond donors (Lipinski definition) is 1. The fourth-order valence-corrected chi connectivity index (χ4v) is 2.68. The van der Waals surface area contributed by atoms with E-state index in [0.29, 0.717) is 16.5 Å². The van der Waals surface area contributed by atoms with Crippen molar-refractivity contribution in [3.8, 4) is 0 Å². The first kappa shape index (κ1) is 16.3. The smallest absolute Gasteiger partial charge is 0.137 e. The van der Waals surface area contributed by atoms with Crippen molar-refractivity contribution in [1.29, 1.82) is 0 Å². The zero-order chi connectivity index (χ0) is 15.5. The largest absolute Gasteiger partial charge is 0.308 e. The van der Waals surface area contributed by atoms with Crippen molar-refractivity contribution in [2.75, 3.05) is 0 Å². The molecule has 2 aromatic rings. The van der Waals surface area contributed by atoms with E-state index in [0.717, 1.165) is 10.5 Å². The molecule has 0 fully saturated rings. The standard InChI is InChI=1S/C17H19ClFNS/c1-17(2,3)20-11-12-4-9-16(15(19)10-12)21-14-7-5-13(18)6-8-14/h4-10,20H,11H2,1-3H3. The van der Waals surface area contributed by atoms with Gasteiger partial charge in [-0.05, 0) is 62.7 Å². The van der Waals surface area contributed by atoms with Gasteiger partial charge in [-0.3, -0.25) is 0 Å². The van der Waals surface area contributed by atoms with Crippen LogP contribution in [0.4, 0.5) is 4.39 Å². The summed E-state index contributed by atoms with van der Waals surface area (Å²) in [5, 5.41) is 4.04. The van der Waals surface area contributed by atoms with E-state index in [1.165, 1.54) is 11.8 Å². The Morgan fingerprint density at radius 1 is 1.10 bits per heavy atom. The second-order valence-electron chi connectivity index (χ2n) is 5.92. The molecule has 0 aliphatic carbocycles. The second kappa shape index (κ2) is 6.82. The third kappa shape index (κ3) is 5.34. The van der Waals surface area contributed by atoms with Crippen LogP contribution in [0.15, 0.2) is 52.3 Å². The third-order valence-electron chi connectivity index (χ3n) is 2.86. The average molecular weight is 324 g/mol. The molecule has 0 spiro atoms. The highest BCUT2D eigenvalue weighted by molar-refractivity contribution is 7.99. The molecule has 0 radical (unpaired) electrons. The van der Waals surface area contributed by atoms with Gasteiger partial charge in [0.2, 0.25) is 0 Å². The number of halogens is 2. The predicted molar refractivity (Wildman–Crippen MR) is 88.6 cm³/mol. The summed E-state index contributed by atoms with van der Waals surface area (Å²) < 4.78 is 14.2. The molecule has 4 heteroatoms. The summed E-state index contributed by atoms with van der Waals surface area (Å²) in [6.45, 7) is 6.93. The molecule has 0 aromatic heterocycles. The Balaban J connectivity index is 2.07. The summed E-state index contributed by atoms with van der Waals surface area (Å²) >= 11 is 7.25. The number of benzene rings is 2. The van der Waals surface area contributed by atoms with Gasteiger partial charge in [-0.2, -0.15) is 0 Å². The molecule has 21 heavy (non-hydrogen) atoms. The van der Waals surface area contributed by atoms with E-state index >= 15 is 0 Å². The molecule has 112 valence electrons. The zero-order valence-electron chi connectivity index (χ0n) is 12.4. The molecule has 1 N–H and O–H groups in total. The Kier molecular flexibility index (Phi) is 5.31. The normalized spacial score (nSPS) is 11.7. The van der Waals surface area contributed by atoms with Crippen molar-refractivity contribution in [2.24, 2.45) is 0 Å². The SMILES string of the molecule is CC(C)(C)NCc1ccc(Sc2ccc(Cl)cc2)c(F)c1. The Hall–Kier alpha value is -1.03. The van der Waals surface area contributed by atoms with Gasteiger partial charge in [-0.15, -0.1) is 0 Å². The summed E-state index contributed by atoms with van der Waals surface area (Å²) in [6, 6.07) is 12.8. The van der Waals surface area contributed by atoms with Gasteiger partial charge in [-0.1, -0.05) is 29.4 Å². The molecule has 0 atom stereocenters. The second-order valence-corrected chi connectivity index (χ2v) is 7.48. The van der Waals surface area contributed by atoms with E-state index in [-0.39, 0.29) is 11.4 Å². The van der Waals surface area contributed by atoms with Gasteiger partial charge in [0.25, 0.3) is 0 Å². The average Bonchev–Trinajstić information content (AvgIpc) is 2.41. The molecule has 0 unspecified atom stereocenters. The summed E-state index contributed by atoms with van der Waals surface area (Å²) in [5.74, 6) is -0.192. The first-order chi connectivity index (χ1) is 9.83. The Morgan fingerprint density at radius 2 is 1.76 bits per heavy atom. The maximum absolute atomic E-state index is 14.2. The lowest BCUT2D eigenvalue weighted by atomic mass is 10.1. The van der Waals surface area contributed by atoms with Crippen LogP contribution in [0.25, 0.3) is 0 Å². The minimum absolute atomic E-state index is 0.0210. The molecule has 0 amide bonds. The van der Waals surface area contributed by atoms with Gasteiger partial charge in [0.05, 0.1) is 0 Å². The van der Waals surface area contributed by atoms with Crippen LogP contribution >= 0.6 is 23.4 Å². The lowest BCUT2D eigenvalue weighted by Crippen LogP contribution is -2.35. The van der Waals surface area contributed by atoms with Crippen LogP contribution in [-0.2, 0) is 6.54 Å². The van der Waals surface area contributed by atoms with Crippen LogP contribution < -0.4 is 5.32 Å².